The number of carbonyl (C=O) groups is 1. The summed E-state index contributed by atoms with van der Waals surface area (Å²) in [6.45, 7) is 12.1. The van der Waals surface area contributed by atoms with Gasteiger partial charge < -0.3 is 14.4 Å². The Bertz CT molecular complexity index is 1210. The molecule has 0 atom stereocenters. The van der Waals surface area contributed by atoms with Crippen LogP contribution in [0.2, 0.25) is 0 Å². The van der Waals surface area contributed by atoms with E-state index < -0.39 is 5.97 Å². The number of benzene rings is 1. The summed E-state index contributed by atoms with van der Waals surface area (Å²) in [6, 6.07) is 10.2. The fourth-order valence-electron chi connectivity index (χ4n) is 5.38. The number of aryl methyl sites for hydroxylation is 1. The van der Waals surface area contributed by atoms with Crippen LogP contribution in [-0.4, -0.2) is 53.6 Å². The fourth-order valence-corrected chi connectivity index (χ4v) is 5.38. The minimum atomic E-state index is -0.395. The van der Waals surface area contributed by atoms with E-state index in [2.05, 4.69) is 37.8 Å². The number of aromatic nitrogens is 3. The molecule has 1 aromatic carbocycles. The SMILES string of the molecule is CCOC(=O)c1cc(N2CCC3(CCOCC3)C2)c2c(C(C)C)nn(-c3cccc(C)c3)c2n1. The van der Waals surface area contributed by atoms with Gasteiger partial charge in [0, 0.05) is 26.3 Å². The van der Waals surface area contributed by atoms with Gasteiger partial charge >= 0.3 is 5.97 Å². The van der Waals surface area contributed by atoms with Gasteiger partial charge in [0.1, 0.15) is 0 Å². The Morgan fingerprint density at radius 1 is 1.21 bits per heavy atom. The van der Waals surface area contributed by atoms with Crippen molar-refractivity contribution in [2.45, 2.75) is 52.9 Å². The molecule has 7 nitrogen and oxygen atoms in total. The van der Waals surface area contributed by atoms with Gasteiger partial charge in [-0.3, -0.25) is 0 Å². The molecule has 2 aliphatic heterocycles. The van der Waals surface area contributed by atoms with E-state index in [0.717, 1.165) is 73.6 Å². The van der Waals surface area contributed by atoms with Crippen LogP contribution in [0.5, 0.6) is 0 Å². The van der Waals surface area contributed by atoms with E-state index >= 15 is 0 Å². The molecule has 4 heterocycles. The molecule has 2 fully saturated rings. The van der Waals surface area contributed by atoms with Gasteiger partial charge in [-0.15, -0.1) is 0 Å². The second-order valence-electron chi connectivity index (χ2n) is 10.0. The molecular weight excluding hydrogens is 428 g/mol. The van der Waals surface area contributed by atoms with Crippen molar-refractivity contribution >= 4 is 22.7 Å². The lowest BCUT2D eigenvalue weighted by Crippen LogP contribution is -2.33. The lowest BCUT2D eigenvalue weighted by Gasteiger charge is -2.33. The number of anilines is 1. The normalized spacial score (nSPS) is 17.7. The van der Waals surface area contributed by atoms with Crippen molar-refractivity contribution in [1.29, 1.82) is 0 Å². The molecule has 0 aliphatic carbocycles. The van der Waals surface area contributed by atoms with Gasteiger partial charge in [-0.2, -0.15) is 5.10 Å². The number of fused-ring (bicyclic) bond motifs is 1. The van der Waals surface area contributed by atoms with Crippen molar-refractivity contribution in [2.24, 2.45) is 5.41 Å². The highest BCUT2D eigenvalue weighted by Crippen LogP contribution is 2.44. The molecule has 2 saturated heterocycles. The molecule has 34 heavy (non-hydrogen) atoms. The number of carbonyl (C=O) groups excluding carboxylic acids is 1. The van der Waals surface area contributed by atoms with Crippen LogP contribution in [0.15, 0.2) is 30.3 Å². The lowest BCUT2D eigenvalue weighted by molar-refractivity contribution is 0.0254. The molecule has 2 aliphatic rings. The summed E-state index contributed by atoms with van der Waals surface area (Å²) in [5.74, 6) is -0.184. The topological polar surface area (TPSA) is 69.5 Å². The summed E-state index contributed by atoms with van der Waals surface area (Å²) in [6.07, 6.45) is 3.31. The number of pyridine rings is 1. The minimum absolute atomic E-state index is 0.210. The van der Waals surface area contributed by atoms with Crippen LogP contribution in [0.3, 0.4) is 0 Å². The zero-order chi connectivity index (χ0) is 23.9. The van der Waals surface area contributed by atoms with Crippen molar-refractivity contribution < 1.29 is 14.3 Å². The van der Waals surface area contributed by atoms with Crippen LogP contribution in [0.4, 0.5) is 5.69 Å². The van der Waals surface area contributed by atoms with Crippen molar-refractivity contribution in [1.82, 2.24) is 14.8 Å². The maximum Gasteiger partial charge on any atom is 0.357 e. The molecule has 180 valence electrons. The fraction of sp³-hybridized carbons (Fsp3) is 0.519. The molecule has 1 spiro atoms. The molecule has 2 aromatic heterocycles. The first-order chi connectivity index (χ1) is 16.4. The van der Waals surface area contributed by atoms with E-state index in [0.29, 0.717) is 17.9 Å². The minimum Gasteiger partial charge on any atom is -0.461 e. The van der Waals surface area contributed by atoms with Gasteiger partial charge in [0.15, 0.2) is 11.3 Å². The third-order valence-corrected chi connectivity index (χ3v) is 7.25. The molecule has 0 N–H and O–H groups in total. The summed E-state index contributed by atoms with van der Waals surface area (Å²) in [5.41, 5.74) is 5.46. The molecule has 0 bridgehead atoms. The smallest absolute Gasteiger partial charge is 0.357 e. The Hall–Kier alpha value is -2.93. The van der Waals surface area contributed by atoms with Gasteiger partial charge in [-0.25, -0.2) is 14.5 Å². The van der Waals surface area contributed by atoms with E-state index in [1.165, 1.54) is 0 Å². The number of rotatable bonds is 5. The summed E-state index contributed by atoms with van der Waals surface area (Å²) in [5, 5.41) is 6.07. The first kappa shape index (κ1) is 22.8. The molecule has 7 heteroatoms. The Morgan fingerprint density at radius 3 is 2.71 bits per heavy atom. The largest absolute Gasteiger partial charge is 0.461 e. The molecule has 3 aromatic rings. The first-order valence-electron chi connectivity index (χ1n) is 12.4. The molecule has 0 unspecified atom stereocenters. The quantitative estimate of drug-likeness (QED) is 0.495. The van der Waals surface area contributed by atoms with E-state index in [1.807, 2.05) is 29.8 Å². The number of esters is 1. The molecule has 5 rings (SSSR count). The first-order valence-corrected chi connectivity index (χ1v) is 12.4. The average molecular weight is 463 g/mol. The summed E-state index contributed by atoms with van der Waals surface area (Å²) < 4.78 is 12.9. The van der Waals surface area contributed by atoms with E-state index in [-0.39, 0.29) is 11.3 Å². The second-order valence-corrected chi connectivity index (χ2v) is 10.0. The van der Waals surface area contributed by atoms with Crippen molar-refractivity contribution in [3.8, 4) is 5.69 Å². The number of ether oxygens (including phenoxy) is 2. The van der Waals surface area contributed by atoms with Gasteiger partial charge in [0.25, 0.3) is 0 Å². The predicted octanol–water partition coefficient (Wildman–Crippen LogP) is 5.04. The van der Waals surface area contributed by atoms with Crippen molar-refractivity contribution in [3.63, 3.8) is 0 Å². The summed E-state index contributed by atoms with van der Waals surface area (Å²) >= 11 is 0. The van der Waals surface area contributed by atoms with Gasteiger partial charge in [0.2, 0.25) is 0 Å². The van der Waals surface area contributed by atoms with E-state index in [4.69, 9.17) is 19.6 Å². The molecule has 0 amide bonds. The number of hydrogen-bond donors (Lipinski definition) is 0. The lowest BCUT2D eigenvalue weighted by atomic mass is 9.80. The van der Waals surface area contributed by atoms with Crippen LogP contribution < -0.4 is 4.90 Å². The van der Waals surface area contributed by atoms with Crippen LogP contribution in [0, 0.1) is 12.3 Å². The van der Waals surface area contributed by atoms with E-state index in [1.54, 1.807) is 0 Å². The Kier molecular flexibility index (Phi) is 6.06. The highest BCUT2D eigenvalue weighted by Gasteiger charge is 2.40. The third kappa shape index (κ3) is 4.06. The Balaban J connectivity index is 1.71. The standard InChI is InChI=1S/C27H34N4O3/c1-5-34-26(32)21-16-22(30-12-9-27(17-30)10-13-33-14-11-27)23-24(18(2)3)29-31(25(23)28-21)20-8-6-7-19(4)15-20/h6-8,15-16,18H,5,9-14,17H2,1-4H3. The second kappa shape index (κ2) is 9.02. The highest BCUT2D eigenvalue weighted by atomic mass is 16.5. The monoisotopic (exact) mass is 462 g/mol. The van der Waals surface area contributed by atoms with Crippen molar-refractivity contribution in [2.75, 3.05) is 37.8 Å². The predicted molar refractivity (Wildman–Crippen MR) is 133 cm³/mol. The third-order valence-electron chi connectivity index (χ3n) is 7.25. The van der Waals surface area contributed by atoms with Crippen molar-refractivity contribution in [3.05, 3.63) is 47.3 Å². The molecule has 0 saturated carbocycles. The number of nitrogens with zero attached hydrogens (tertiary/aromatic N) is 4. The van der Waals surface area contributed by atoms with Gasteiger partial charge in [-0.1, -0.05) is 26.0 Å². The number of hydrogen-bond acceptors (Lipinski definition) is 6. The van der Waals surface area contributed by atoms with Crippen LogP contribution in [0.1, 0.15) is 67.7 Å². The zero-order valence-electron chi connectivity index (χ0n) is 20.6. The summed E-state index contributed by atoms with van der Waals surface area (Å²) in [4.78, 5) is 20.1. The highest BCUT2D eigenvalue weighted by molar-refractivity contribution is 5.99. The van der Waals surface area contributed by atoms with Crippen LogP contribution >= 0.6 is 0 Å². The van der Waals surface area contributed by atoms with Crippen LogP contribution in [-0.2, 0) is 9.47 Å². The maximum atomic E-state index is 12.8. The maximum absolute atomic E-state index is 12.8. The average Bonchev–Trinajstić information content (AvgIpc) is 3.41. The van der Waals surface area contributed by atoms with Gasteiger partial charge in [-0.05, 0) is 68.2 Å². The van der Waals surface area contributed by atoms with Crippen LogP contribution in [0.25, 0.3) is 16.7 Å². The Labute approximate surface area is 201 Å². The summed E-state index contributed by atoms with van der Waals surface area (Å²) in [7, 11) is 0. The Morgan fingerprint density at radius 2 is 2.00 bits per heavy atom. The van der Waals surface area contributed by atoms with E-state index in [9.17, 15) is 4.79 Å². The van der Waals surface area contributed by atoms with Gasteiger partial charge in [0.05, 0.1) is 29.1 Å². The molecular formula is C27H34N4O3. The molecule has 0 radical (unpaired) electrons. The zero-order valence-corrected chi connectivity index (χ0v) is 20.6.